The van der Waals surface area contributed by atoms with E-state index in [-0.39, 0.29) is 11.6 Å². The van der Waals surface area contributed by atoms with Gasteiger partial charge in [-0.1, -0.05) is 25.5 Å². The Hall–Kier alpha value is -2.34. The van der Waals surface area contributed by atoms with E-state index in [1.165, 1.54) is 13.5 Å². The predicted molar refractivity (Wildman–Crippen MR) is 102 cm³/mol. The second-order valence-corrected chi connectivity index (χ2v) is 7.60. The Morgan fingerprint density at radius 3 is 2.62 bits per heavy atom. The molecule has 6 heteroatoms. The van der Waals surface area contributed by atoms with E-state index in [0.29, 0.717) is 24.1 Å². The van der Waals surface area contributed by atoms with E-state index >= 15 is 0 Å². The van der Waals surface area contributed by atoms with E-state index in [2.05, 4.69) is 29.0 Å². The smallest absolute Gasteiger partial charge is 0.356 e. The topological polar surface area (TPSA) is 74.4 Å². The fraction of sp³-hybridized carbons (Fsp3) is 0.500. The minimum Gasteiger partial charge on any atom is -0.464 e. The normalized spacial score (nSPS) is 20.9. The summed E-state index contributed by atoms with van der Waals surface area (Å²) in [6.07, 6.45) is 1.20. The summed E-state index contributed by atoms with van der Waals surface area (Å²) in [5.41, 5.74) is 2.63. The van der Waals surface area contributed by atoms with Gasteiger partial charge in [-0.05, 0) is 37.3 Å². The first-order valence-corrected chi connectivity index (χ1v) is 9.10. The average Bonchev–Trinajstić information content (AvgIpc) is 2.91. The predicted octanol–water partition coefficient (Wildman–Crippen LogP) is 3.18. The molecular weight excluding hydrogens is 330 g/mol. The molecule has 1 aromatic carbocycles. The van der Waals surface area contributed by atoms with Crippen molar-refractivity contribution in [2.24, 2.45) is 11.8 Å². The highest BCUT2D eigenvalue weighted by molar-refractivity contribution is 6.11. The Labute approximate surface area is 153 Å². The maximum atomic E-state index is 12.7. The molecule has 1 aliphatic heterocycles. The van der Waals surface area contributed by atoms with E-state index in [1.54, 1.807) is 0 Å². The summed E-state index contributed by atoms with van der Waals surface area (Å²) < 4.78 is 4.86. The molecule has 0 radical (unpaired) electrons. The fourth-order valence-corrected chi connectivity index (χ4v) is 3.99. The second kappa shape index (κ2) is 7.50. The van der Waals surface area contributed by atoms with E-state index in [1.807, 2.05) is 25.1 Å². The van der Waals surface area contributed by atoms with Crippen LogP contribution in [0, 0.1) is 18.8 Å². The zero-order valence-corrected chi connectivity index (χ0v) is 15.9. The maximum Gasteiger partial charge on any atom is 0.356 e. The number of nitrogens with one attached hydrogen (secondary N) is 2. The van der Waals surface area contributed by atoms with Gasteiger partial charge in [0.25, 0.3) is 0 Å². The van der Waals surface area contributed by atoms with Crippen molar-refractivity contribution in [3.63, 3.8) is 0 Å². The van der Waals surface area contributed by atoms with Crippen LogP contribution in [0.1, 0.15) is 36.3 Å². The number of likely N-dealkylation sites (tertiary alicyclic amines) is 1. The highest BCUT2D eigenvalue weighted by Crippen LogP contribution is 2.29. The molecule has 3 rings (SSSR count). The second-order valence-electron chi connectivity index (χ2n) is 7.60. The van der Waals surface area contributed by atoms with Crippen LogP contribution in [0.2, 0.25) is 0 Å². The summed E-state index contributed by atoms with van der Waals surface area (Å²) in [7, 11) is 1.33. The number of ether oxygens (including phenoxy) is 1. The summed E-state index contributed by atoms with van der Waals surface area (Å²) in [4.78, 5) is 30.0. The third-order valence-electron chi connectivity index (χ3n) is 4.92. The number of benzene rings is 1. The Bertz CT molecular complexity index is 817. The Morgan fingerprint density at radius 1 is 1.27 bits per heavy atom. The van der Waals surface area contributed by atoms with Gasteiger partial charge in [-0.3, -0.25) is 9.69 Å². The number of rotatable bonds is 4. The van der Waals surface area contributed by atoms with E-state index in [0.717, 1.165) is 29.6 Å². The number of methoxy groups -OCH3 is 1. The number of H-pyrrole nitrogens is 1. The minimum atomic E-state index is -0.491. The average molecular weight is 357 g/mol. The number of esters is 1. The van der Waals surface area contributed by atoms with Gasteiger partial charge in [0, 0.05) is 24.0 Å². The number of anilines is 1. The first kappa shape index (κ1) is 18.5. The van der Waals surface area contributed by atoms with Gasteiger partial charge in [-0.25, -0.2) is 4.79 Å². The van der Waals surface area contributed by atoms with Gasteiger partial charge in [0.15, 0.2) is 0 Å². The Kier molecular flexibility index (Phi) is 5.32. The standard InChI is InChI=1S/C20H27N3O3/c1-12-5-6-16-15(8-12)18(19(21-16)20(25)26-4)22-17(24)11-23-9-13(2)7-14(3)10-23/h5-6,8,13-14,21H,7,9-11H2,1-4H3,(H,22,24)/t13-,14-/m1/s1. The molecule has 26 heavy (non-hydrogen) atoms. The summed E-state index contributed by atoms with van der Waals surface area (Å²) in [5.74, 6) is 0.578. The molecule has 1 saturated heterocycles. The van der Waals surface area contributed by atoms with Crippen LogP contribution in [-0.2, 0) is 9.53 Å². The van der Waals surface area contributed by atoms with Crippen LogP contribution < -0.4 is 5.32 Å². The molecule has 0 aliphatic carbocycles. The lowest BCUT2D eigenvalue weighted by Gasteiger charge is -2.34. The number of aromatic nitrogens is 1. The van der Waals surface area contributed by atoms with Crippen molar-refractivity contribution in [1.29, 1.82) is 0 Å². The van der Waals surface area contributed by atoms with Crippen molar-refractivity contribution in [3.8, 4) is 0 Å². The molecule has 1 amide bonds. The fourth-order valence-electron chi connectivity index (χ4n) is 3.99. The lowest BCUT2D eigenvalue weighted by molar-refractivity contribution is -0.117. The van der Waals surface area contributed by atoms with Gasteiger partial charge in [0.1, 0.15) is 5.69 Å². The van der Waals surface area contributed by atoms with Gasteiger partial charge < -0.3 is 15.0 Å². The molecule has 6 nitrogen and oxygen atoms in total. The van der Waals surface area contributed by atoms with Crippen LogP contribution >= 0.6 is 0 Å². The van der Waals surface area contributed by atoms with Crippen LogP contribution in [0.15, 0.2) is 18.2 Å². The zero-order chi connectivity index (χ0) is 18.8. The number of nitrogens with zero attached hydrogens (tertiary/aromatic N) is 1. The maximum absolute atomic E-state index is 12.7. The molecule has 1 aliphatic rings. The molecule has 0 spiro atoms. The van der Waals surface area contributed by atoms with Crippen molar-refractivity contribution in [1.82, 2.24) is 9.88 Å². The van der Waals surface area contributed by atoms with Crippen molar-refractivity contribution in [2.45, 2.75) is 27.2 Å². The number of aromatic amines is 1. The Morgan fingerprint density at radius 2 is 1.96 bits per heavy atom. The quantitative estimate of drug-likeness (QED) is 0.824. The number of carbonyl (C=O) groups excluding carboxylic acids is 2. The van der Waals surface area contributed by atoms with Gasteiger partial charge in [0.2, 0.25) is 5.91 Å². The third-order valence-corrected chi connectivity index (χ3v) is 4.92. The minimum absolute atomic E-state index is 0.112. The number of hydrogen-bond donors (Lipinski definition) is 2. The number of aryl methyl sites for hydroxylation is 1. The van der Waals surface area contributed by atoms with Gasteiger partial charge in [-0.2, -0.15) is 0 Å². The highest BCUT2D eigenvalue weighted by Gasteiger charge is 2.25. The largest absolute Gasteiger partial charge is 0.464 e. The number of amides is 1. The number of hydrogen-bond acceptors (Lipinski definition) is 4. The van der Waals surface area contributed by atoms with Gasteiger partial charge in [-0.15, -0.1) is 0 Å². The van der Waals surface area contributed by atoms with Crippen molar-refractivity contribution in [2.75, 3.05) is 32.1 Å². The van der Waals surface area contributed by atoms with E-state index in [9.17, 15) is 9.59 Å². The number of piperidine rings is 1. The molecule has 1 fully saturated rings. The first-order chi connectivity index (χ1) is 12.4. The van der Waals surface area contributed by atoms with E-state index in [4.69, 9.17) is 4.74 Å². The molecule has 0 saturated carbocycles. The summed E-state index contributed by atoms with van der Waals surface area (Å²) in [6, 6.07) is 5.82. The van der Waals surface area contributed by atoms with Crippen molar-refractivity contribution >= 4 is 28.5 Å². The monoisotopic (exact) mass is 357 g/mol. The molecule has 2 aromatic rings. The summed E-state index contributed by atoms with van der Waals surface area (Å²) in [6.45, 7) is 8.60. The van der Waals surface area contributed by atoms with Crippen molar-refractivity contribution in [3.05, 3.63) is 29.5 Å². The SMILES string of the molecule is COC(=O)c1[nH]c2ccc(C)cc2c1NC(=O)CN1C[C@H](C)C[C@@H](C)C1. The molecule has 0 bridgehead atoms. The molecule has 2 atom stereocenters. The van der Waals surface area contributed by atoms with Crippen LogP contribution in [-0.4, -0.2) is 48.5 Å². The highest BCUT2D eigenvalue weighted by atomic mass is 16.5. The number of fused-ring (bicyclic) bond motifs is 1. The molecule has 0 unspecified atom stereocenters. The first-order valence-electron chi connectivity index (χ1n) is 9.10. The van der Waals surface area contributed by atoms with Crippen LogP contribution in [0.5, 0.6) is 0 Å². The van der Waals surface area contributed by atoms with E-state index < -0.39 is 5.97 Å². The molecule has 140 valence electrons. The van der Waals surface area contributed by atoms with Crippen LogP contribution in [0.3, 0.4) is 0 Å². The molecule has 2 N–H and O–H groups in total. The van der Waals surface area contributed by atoms with Crippen molar-refractivity contribution < 1.29 is 14.3 Å². The lowest BCUT2D eigenvalue weighted by Crippen LogP contribution is -2.42. The zero-order valence-electron chi connectivity index (χ0n) is 15.9. The molecule has 1 aromatic heterocycles. The number of carbonyl (C=O) groups is 2. The lowest BCUT2D eigenvalue weighted by atomic mass is 9.92. The van der Waals surface area contributed by atoms with Crippen LogP contribution in [0.25, 0.3) is 10.9 Å². The molecule has 2 heterocycles. The third kappa shape index (κ3) is 3.90. The molecular formula is C20H27N3O3. The summed E-state index contributed by atoms with van der Waals surface area (Å²) >= 11 is 0. The van der Waals surface area contributed by atoms with Crippen LogP contribution in [0.4, 0.5) is 5.69 Å². The van der Waals surface area contributed by atoms with Gasteiger partial charge in [0.05, 0.1) is 19.3 Å². The summed E-state index contributed by atoms with van der Waals surface area (Å²) in [5, 5.41) is 3.76. The Balaban J connectivity index is 1.83. The van der Waals surface area contributed by atoms with Gasteiger partial charge >= 0.3 is 5.97 Å².